The molecule has 23 heavy (non-hydrogen) atoms. The van der Waals surface area contributed by atoms with E-state index in [9.17, 15) is 0 Å². The van der Waals surface area contributed by atoms with Crippen LogP contribution in [-0.4, -0.2) is 14.5 Å². The number of anilines is 1. The van der Waals surface area contributed by atoms with E-state index in [2.05, 4.69) is 45.2 Å². The van der Waals surface area contributed by atoms with Crippen molar-refractivity contribution in [3.63, 3.8) is 0 Å². The fourth-order valence-electron chi connectivity index (χ4n) is 2.63. The number of imidazole rings is 1. The summed E-state index contributed by atoms with van der Waals surface area (Å²) in [6.07, 6.45) is 3.14. The third-order valence-corrected chi connectivity index (χ3v) is 3.74. The SMILES string of the molecule is c1ccc(Cn2c(NCc3cnco3)nc3ccccc32)cc1. The van der Waals surface area contributed by atoms with Crippen molar-refractivity contribution in [2.24, 2.45) is 0 Å². The minimum atomic E-state index is 0.554. The van der Waals surface area contributed by atoms with Gasteiger partial charge in [0, 0.05) is 0 Å². The van der Waals surface area contributed by atoms with Gasteiger partial charge in [-0.1, -0.05) is 42.5 Å². The van der Waals surface area contributed by atoms with Crippen molar-refractivity contribution >= 4 is 17.0 Å². The molecule has 5 heteroatoms. The molecule has 2 aromatic heterocycles. The van der Waals surface area contributed by atoms with Crippen molar-refractivity contribution in [1.82, 2.24) is 14.5 Å². The second-order valence-corrected chi connectivity index (χ2v) is 5.32. The Morgan fingerprint density at radius 1 is 1.00 bits per heavy atom. The molecule has 0 atom stereocenters. The Labute approximate surface area is 133 Å². The van der Waals surface area contributed by atoms with Gasteiger partial charge in [-0.2, -0.15) is 0 Å². The summed E-state index contributed by atoms with van der Waals surface area (Å²) in [5.41, 5.74) is 3.32. The molecule has 0 saturated heterocycles. The molecule has 0 bridgehead atoms. The van der Waals surface area contributed by atoms with E-state index in [0.717, 1.165) is 29.3 Å². The van der Waals surface area contributed by atoms with E-state index in [-0.39, 0.29) is 0 Å². The van der Waals surface area contributed by atoms with E-state index in [1.807, 2.05) is 24.3 Å². The zero-order chi connectivity index (χ0) is 15.5. The average molecular weight is 304 g/mol. The summed E-state index contributed by atoms with van der Waals surface area (Å²) in [5, 5.41) is 3.34. The van der Waals surface area contributed by atoms with E-state index in [4.69, 9.17) is 9.40 Å². The molecule has 4 aromatic rings. The lowest BCUT2D eigenvalue weighted by Crippen LogP contribution is -2.08. The summed E-state index contributed by atoms with van der Waals surface area (Å²) >= 11 is 0. The molecule has 2 heterocycles. The van der Waals surface area contributed by atoms with Crippen LogP contribution in [0, 0.1) is 0 Å². The molecule has 0 unspecified atom stereocenters. The molecule has 0 aliphatic rings. The number of nitrogens with one attached hydrogen (secondary N) is 1. The van der Waals surface area contributed by atoms with Gasteiger partial charge in [0.2, 0.25) is 5.95 Å². The summed E-state index contributed by atoms with van der Waals surface area (Å²) in [6.45, 7) is 1.32. The first kappa shape index (κ1) is 13.6. The second kappa shape index (κ2) is 5.96. The molecular formula is C18H16N4O. The standard InChI is InChI=1S/C18H16N4O/c1-2-6-14(7-3-1)12-22-17-9-5-4-8-16(17)21-18(22)20-11-15-10-19-13-23-15/h1-10,13H,11-12H2,(H,20,21). The van der Waals surface area contributed by atoms with Gasteiger partial charge in [-0.25, -0.2) is 9.97 Å². The molecular weight excluding hydrogens is 288 g/mol. The van der Waals surface area contributed by atoms with Gasteiger partial charge in [-0.05, 0) is 17.7 Å². The Morgan fingerprint density at radius 3 is 2.65 bits per heavy atom. The highest BCUT2D eigenvalue weighted by molar-refractivity contribution is 5.78. The zero-order valence-electron chi connectivity index (χ0n) is 12.5. The van der Waals surface area contributed by atoms with Crippen molar-refractivity contribution in [1.29, 1.82) is 0 Å². The molecule has 2 aromatic carbocycles. The maximum Gasteiger partial charge on any atom is 0.204 e. The van der Waals surface area contributed by atoms with E-state index in [1.54, 1.807) is 6.20 Å². The van der Waals surface area contributed by atoms with Crippen molar-refractivity contribution in [3.8, 4) is 0 Å². The maximum atomic E-state index is 5.28. The van der Waals surface area contributed by atoms with Crippen LogP contribution in [0.2, 0.25) is 0 Å². The lowest BCUT2D eigenvalue weighted by molar-refractivity contribution is 0.511. The van der Waals surface area contributed by atoms with Crippen LogP contribution in [-0.2, 0) is 13.1 Å². The van der Waals surface area contributed by atoms with Crippen LogP contribution in [0.4, 0.5) is 5.95 Å². The maximum absolute atomic E-state index is 5.28. The van der Waals surface area contributed by atoms with Gasteiger partial charge in [-0.3, -0.25) is 0 Å². The highest BCUT2D eigenvalue weighted by Gasteiger charge is 2.11. The Balaban J connectivity index is 1.69. The lowest BCUT2D eigenvalue weighted by Gasteiger charge is -2.10. The van der Waals surface area contributed by atoms with Gasteiger partial charge in [0.25, 0.3) is 0 Å². The number of oxazole rings is 1. The molecule has 0 aliphatic carbocycles. The molecule has 114 valence electrons. The molecule has 0 amide bonds. The number of aromatic nitrogens is 3. The first-order valence-electron chi connectivity index (χ1n) is 7.50. The Morgan fingerprint density at radius 2 is 1.83 bits per heavy atom. The monoisotopic (exact) mass is 304 g/mol. The number of para-hydroxylation sites is 2. The fraction of sp³-hybridized carbons (Fsp3) is 0.111. The molecule has 1 N–H and O–H groups in total. The third kappa shape index (κ3) is 2.81. The first-order valence-corrected chi connectivity index (χ1v) is 7.50. The molecule has 0 fully saturated rings. The smallest absolute Gasteiger partial charge is 0.204 e. The topological polar surface area (TPSA) is 55.9 Å². The largest absolute Gasteiger partial charge is 0.447 e. The number of fused-ring (bicyclic) bond motifs is 1. The molecule has 0 saturated carbocycles. The normalized spacial score (nSPS) is 11.0. The average Bonchev–Trinajstić information content (AvgIpc) is 3.22. The van der Waals surface area contributed by atoms with Gasteiger partial charge in [-0.15, -0.1) is 0 Å². The van der Waals surface area contributed by atoms with E-state index >= 15 is 0 Å². The zero-order valence-corrected chi connectivity index (χ0v) is 12.5. The van der Waals surface area contributed by atoms with Gasteiger partial charge in [0.05, 0.1) is 30.3 Å². The highest BCUT2D eigenvalue weighted by atomic mass is 16.3. The molecule has 0 radical (unpaired) electrons. The summed E-state index contributed by atoms with van der Waals surface area (Å²) < 4.78 is 7.46. The van der Waals surface area contributed by atoms with Gasteiger partial charge in [0.15, 0.2) is 6.39 Å². The molecule has 5 nitrogen and oxygen atoms in total. The minimum Gasteiger partial charge on any atom is -0.447 e. The second-order valence-electron chi connectivity index (χ2n) is 5.32. The fourth-order valence-corrected chi connectivity index (χ4v) is 2.63. The number of hydrogen-bond donors (Lipinski definition) is 1. The molecule has 4 rings (SSSR count). The lowest BCUT2D eigenvalue weighted by atomic mass is 10.2. The summed E-state index contributed by atoms with van der Waals surface area (Å²) in [4.78, 5) is 8.63. The number of rotatable bonds is 5. The first-order chi connectivity index (χ1) is 11.4. The van der Waals surface area contributed by atoms with E-state index in [0.29, 0.717) is 6.54 Å². The predicted molar refractivity (Wildman–Crippen MR) is 89.1 cm³/mol. The molecule has 0 spiro atoms. The van der Waals surface area contributed by atoms with Crippen LogP contribution < -0.4 is 5.32 Å². The minimum absolute atomic E-state index is 0.554. The highest BCUT2D eigenvalue weighted by Crippen LogP contribution is 2.21. The van der Waals surface area contributed by atoms with Crippen molar-refractivity contribution < 1.29 is 4.42 Å². The van der Waals surface area contributed by atoms with Crippen LogP contribution >= 0.6 is 0 Å². The van der Waals surface area contributed by atoms with Crippen molar-refractivity contribution in [3.05, 3.63) is 78.5 Å². The summed E-state index contributed by atoms with van der Waals surface area (Å²) in [5.74, 6) is 1.61. The Bertz CT molecular complexity index is 897. The van der Waals surface area contributed by atoms with Crippen LogP contribution in [0.1, 0.15) is 11.3 Å². The van der Waals surface area contributed by atoms with Crippen molar-refractivity contribution in [2.45, 2.75) is 13.1 Å². The number of nitrogens with zero attached hydrogens (tertiary/aromatic N) is 3. The van der Waals surface area contributed by atoms with Gasteiger partial charge in [0.1, 0.15) is 5.76 Å². The molecule has 0 aliphatic heterocycles. The third-order valence-electron chi connectivity index (χ3n) is 3.74. The quantitative estimate of drug-likeness (QED) is 0.611. The van der Waals surface area contributed by atoms with Crippen LogP contribution in [0.25, 0.3) is 11.0 Å². The van der Waals surface area contributed by atoms with Crippen molar-refractivity contribution in [2.75, 3.05) is 5.32 Å². The van der Waals surface area contributed by atoms with Crippen LogP contribution in [0.15, 0.2) is 71.6 Å². The Hall–Kier alpha value is -3.08. The van der Waals surface area contributed by atoms with E-state index < -0.39 is 0 Å². The predicted octanol–water partition coefficient (Wildman–Crippen LogP) is 3.68. The Kier molecular flexibility index (Phi) is 3.52. The van der Waals surface area contributed by atoms with E-state index in [1.165, 1.54) is 12.0 Å². The van der Waals surface area contributed by atoms with Crippen LogP contribution in [0.3, 0.4) is 0 Å². The van der Waals surface area contributed by atoms with Gasteiger partial charge < -0.3 is 14.3 Å². The summed E-state index contributed by atoms with van der Waals surface area (Å²) in [6, 6.07) is 18.5. The van der Waals surface area contributed by atoms with Gasteiger partial charge >= 0.3 is 0 Å². The number of hydrogen-bond acceptors (Lipinski definition) is 4. The van der Waals surface area contributed by atoms with Crippen LogP contribution in [0.5, 0.6) is 0 Å². The number of benzene rings is 2. The summed E-state index contributed by atoms with van der Waals surface area (Å²) in [7, 11) is 0.